The molecular formula is C26H29N5O4S. The largest absolute Gasteiger partial charge is 0.478 e. The maximum absolute atomic E-state index is 12.9. The van der Waals surface area contributed by atoms with E-state index in [1.807, 2.05) is 43.5 Å². The molecule has 3 N–H and O–H groups in total. The molecule has 0 radical (unpaired) electrons. The Kier molecular flexibility index (Phi) is 9.02. The van der Waals surface area contributed by atoms with Crippen molar-refractivity contribution in [2.45, 2.75) is 38.5 Å². The molecular weight excluding hydrogens is 478 g/mol. The molecule has 3 aromatic rings. The van der Waals surface area contributed by atoms with Crippen molar-refractivity contribution in [2.24, 2.45) is 5.92 Å². The Morgan fingerprint density at radius 1 is 1.11 bits per heavy atom. The zero-order valence-corrected chi connectivity index (χ0v) is 21.2. The van der Waals surface area contributed by atoms with Crippen LogP contribution in [0.15, 0.2) is 66.3 Å². The molecule has 0 bridgehead atoms. The van der Waals surface area contributed by atoms with Crippen LogP contribution in [0, 0.1) is 12.8 Å². The van der Waals surface area contributed by atoms with Crippen LogP contribution in [0.5, 0.6) is 0 Å². The highest BCUT2D eigenvalue weighted by atomic mass is 32.2. The Hall–Kier alpha value is -3.92. The Morgan fingerprint density at radius 2 is 1.83 bits per heavy atom. The second kappa shape index (κ2) is 12.2. The minimum Gasteiger partial charge on any atom is -0.478 e. The lowest BCUT2D eigenvalue weighted by Crippen LogP contribution is -2.34. The van der Waals surface area contributed by atoms with E-state index in [0.29, 0.717) is 28.8 Å². The molecule has 2 aromatic carbocycles. The Morgan fingerprint density at radius 3 is 2.44 bits per heavy atom. The Bertz CT molecular complexity index is 1250. The average molecular weight is 508 g/mol. The van der Waals surface area contributed by atoms with Crippen LogP contribution >= 0.6 is 11.8 Å². The van der Waals surface area contributed by atoms with E-state index in [-0.39, 0.29) is 29.0 Å². The van der Waals surface area contributed by atoms with Gasteiger partial charge in [0, 0.05) is 17.8 Å². The summed E-state index contributed by atoms with van der Waals surface area (Å²) in [7, 11) is 0. The van der Waals surface area contributed by atoms with Crippen LogP contribution in [0.2, 0.25) is 0 Å². The fraction of sp³-hybridized carbons (Fsp3) is 0.269. The van der Waals surface area contributed by atoms with Gasteiger partial charge in [0.05, 0.1) is 17.4 Å². The van der Waals surface area contributed by atoms with Crippen LogP contribution < -0.4 is 10.6 Å². The lowest BCUT2D eigenvalue weighted by Gasteiger charge is -2.22. The summed E-state index contributed by atoms with van der Waals surface area (Å²) in [6, 6.07) is 12.9. The number of nitrogens with one attached hydrogen (secondary N) is 2. The van der Waals surface area contributed by atoms with Gasteiger partial charge in [0.15, 0.2) is 11.0 Å². The van der Waals surface area contributed by atoms with Crippen LogP contribution in [0.1, 0.15) is 52.0 Å². The number of aromatic carboxylic acids is 1. The first-order valence-corrected chi connectivity index (χ1v) is 12.4. The molecule has 188 valence electrons. The highest BCUT2D eigenvalue weighted by Crippen LogP contribution is 2.26. The number of amides is 2. The van der Waals surface area contributed by atoms with E-state index in [4.69, 9.17) is 5.11 Å². The van der Waals surface area contributed by atoms with E-state index in [1.165, 1.54) is 36.0 Å². The Labute approximate surface area is 214 Å². The summed E-state index contributed by atoms with van der Waals surface area (Å²) < 4.78 is 1.84. The number of carboxylic acids is 1. The van der Waals surface area contributed by atoms with Crippen molar-refractivity contribution < 1.29 is 19.5 Å². The quantitative estimate of drug-likeness (QED) is 0.260. The fourth-order valence-electron chi connectivity index (χ4n) is 3.50. The van der Waals surface area contributed by atoms with Crippen LogP contribution in [0.4, 0.5) is 5.69 Å². The number of aryl methyl sites for hydroxylation is 1. The van der Waals surface area contributed by atoms with Crippen LogP contribution in [0.3, 0.4) is 0 Å². The molecule has 0 fully saturated rings. The van der Waals surface area contributed by atoms with Gasteiger partial charge in [-0.3, -0.25) is 9.59 Å². The minimum atomic E-state index is -1.03. The van der Waals surface area contributed by atoms with Gasteiger partial charge in [0.2, 0.25) is 5.91 Å². The lowest BCUT2D eigenvalue weighted by molar-refractivity contribution is -0.113. The number of benzene rings is 2. The molecule has 0 aliphatic carbocycles. The zero-order chi connectivity index (χ0) is 26.2. The van der Waals surface area contributed by atoms with Crippen molar-refractivity contribution in [2.75, 3.05) is 11.1 Å². The van der Waals surface area contributed by atoms with Crippen LogP contribution in [-0.2, 0) is 11.3 Å². The summed E-state index contributed by atoms with van der Waals surface area (Å²) >= 11 is 1.21. The summed E-state index contributed by atoms with van der Waals surface area (Å²) in [5.41, 5.74) is 2.20. The number of thioether (sulfide) groups is 1. The first kappa shape index (κ1) is 26.7. The first-order valence-electron chi connectivity index (χ1n) is 11.4. The number of carbonyl (C=O) groups is 3. The number of carboxylic acid groups (broad SMARTS) is 1. The van der Waals surface area contributed by atoms with Gasteiger partial charge in [-0.15, -0.1) is 16.8 Å². The molecule has 36 heavy (non-hydrogen) atoms. The van der Waals surface area contributed by atoms with E-state index < -0.39 is 12.0 Å². The molecule has 3 rings (SSSR count). The summed E-state index contributed by atoms with van der Waals surface area (Å²) in [5, 5.41) is 24.0. The maximum Gasteiger partial charge on any atom is 0.335 e. The zero-order valence-electron chi connectivity index (χ0n) is 20.4. The second-order valence-corrected chi connectivity index (χ2v) is 9.47. The topological polar surface area (TPSA) is 126 Å². The van der Waals surface area contributed by atoms with Crippen LogP contribution in [0.25, 0.3) is 0 Å². The molecule has 0 saturated heterocycles. The predicted molar refractivity (Wildman–Crippen MR) is 139 cm³/mol. The number of rotatable bonds is 11. The summed E-state index contributed by atoms with van der Waals surface area (Å²) in [4.78, 5) is 36.4. The molecule has 0 aliphatic rings. The number of nitrogens with zero attached hydrogens (tertiary/aromatic N) is 3. The fourth-order valence-corrected chi connectivity index (χ4v) is 4.26. The highest BCUT2D eigenvalue weighted by molar-refractivity contribution is 7.99. The summed E-state index contributed by atoms with van der Waals surface area (Å²) in [6.45, 7) is 10.1. The first-order chi connectivity index (χ1) is 17.2. The number of allylic oxidation sites excluding steroid dienone is 1. The third-order valence-electron chi connectivity index (χ3n) is 5.32. The van der Waals surface area contributed by atoms with Gasteiger partial charge in [-0.1, -0.05) is 49.4 Å². The van der Waals surface area contributed by atoms with Crippen LogP contribution in [-0.4, -0.2) is 43.4 Å². The van der Waals surface area contributed by atoms with Gasteiger partial charge in [-0.25, -0.2) is 4.79 Å². The van der Waals surface area contributed by atoms with Gasteiger partial charge < -0.3 is 20.3 Å². The van der Waals surface area contributed by atoms with Gasteiger partial charge in [-0.05, 0) is 49.2 Å². The number of anilines is 1. The van der Waals surface area contributed by atoms with Gasteiger partial charge in [0.1, 0.15) is 0 Å². The molecule has 2 amide bonds. The van der Waals surface area contributed by atoms with E-state index in [9.17, 15) is 14.4 Å². The normalized spacial score (nSPS) is 11.7. The van der Waals surface area contributed by atoms with E-state index in [0.717, 1.165) is 5.56 Å². The molecule has 0 aliphatic heterocycles. The third-order valence-corrected chi connectivity index (χ3v) is 6.28. The smallest absolute Gasteiger partial charge is 0.335 e. The van der Waals surface area contributed by atoms with E-state index >= 15 is 0 Å². The SMILES string of the molecule is C=CCn1c(SCC(=O)Nc2ccc(C(=O)O)cc2)nnc1[C@@H](NC(=O)c1cccc(C)c1)C(C)C. The highest BCUT2D eigenvalue weighted by Gasteiger charge is 2.26. The van der Waals surface area contributed by atoms with Gasteiger partial charge >= 0.3 is 5.97 Å². The van der Waals surface area contributed by atoms with E-state index in [2.05, 4.69) is 27.4 Å². The molecule has 1 atom stereocenters. The molecule has 1 heterocycles. The van der Waals surface area contributed by atoms with Crippen molar-refractivity contribution in [1.29, 1.82) is 0 Å². The number of hydrogen-bond donors (Lipinski definition) is 3. The van der Waals surface area contributed by atoms with E-state index in [1.54, 1.807) is 12.1 Å². The van der Waals surface area contributed by atoms with Gasteiger partial charge in [-0.2, -0.15) is 0 Å². The average Bonchev–Trinajstić information content (AvgIpc) is 3.23. The van der Waals surface area contributed by atoms with Crippen molar-refractivity contribution >= 4 is 35.2 Å². The minimum absolute atomic E-state index is 0.0291. The standard InChI is InChI=1S/C26H29N5O4S/c1-5-13-31-23(22(16(2)3)28-24(33)19-8-6-7-17(4)14-19)29-30-26(31)36-15-21(32)27-20-11-9-18(10-12-20)25(34)35/h5-12,14,16,22H,1,13,15H2,2-4H3,(H,27,32)(H,28,33)(H,34,35)/t22-/m0/s1. The Balaban J connectivity index is 1.72. The molecule has 9 nitrogen and oxygen atoms in total. The molecule has 0 saturated carbocycles. The number of hydrogen-bond acceptors (Lipinski definition) is 6. The number of carbonyl (C=O) groups excluding carboxylic acids is 2. The monoisotopic (exact) mass is 507 g/mol. The lowest BCUT2D eigenvalue weighted by atomic mass is 10.0. The number of aromatic nitrogens is 3. The summed E-state index contributed by atoms with van der Waals surface area (Å²) in [6.07, 6.45) is 1.71. The molecule has 0 unspecified atom stereocenters. The second-order valence-electron chi connectivity index (χ2n) is 8.52. The predicted octanol–water partition coefficient (Wildman–Crippen LogP) is 4.33. The molecule has 1 aromatic heterocycles. The molecule has 0 spiro atoms. The van der Waals surface area contributed by atoms with Crippen molar-refractivity contribution in [3.63, 3.8) is 0 Å². The van der Waals surface area contributed by atoms with Crippen molar-refractivity contribution in [3.8, 4) is 0 Å². The van der Waals surface area contributed by atoms with Gasteiger partial charge in [0.25, 0.3) is 5.91 Å². The van der Waals surface area contributed by atoms with Crippen molar-refractivity contribution in [1.82, 2.24) is 20.1 Å². The molecule has 10 heteroatoms. The third kappa shape index (κ3) is 6.82. The summed E-state index contributed by atoms with van der Waals surface area (Å²) in [5.74, 6) is -0.827. The van der Waals surface area contributed by atoms with Crippen molar-refractivity contribution in [3.05, 3.63) is 83.7 Å². The maximum atomic E-state index is 12.9.